The third-order valence-corrected chi connectivity index (χ3v) is 6.81. The number of nitrogens with one attached hydrogen (secondary N) is 2. The number of carbonyl (C=O) groups excluding carboxylic acids is 1. The lowest BCUT2D eigenvalue weighted by Gasteiger charge is -2.30. The molecule has 1 unspecified atom stereocenters. The highest BCUT2D eigenvalue weighted by atomic mass is 19.1. The molecule has 2 aliphatic rings. The molecule has 0 radical (unpaired) electrons. The summed E-state index contributed by atoms with van der Waals surface area (Å²) in [5, 5.41) is 11.7. The van der Waals surface area contributed by atoms with E-state index in [0.29, 0.717) is 41.3 Å². The highest BCUT2D eigenvalue weighted by Gasteiger charge is 2.22. The number of nitrogens with zero attached hydrogens (tertiary/aromatic N) is 5. The van der Waals surface area contributed by atoms with Crippen LogP contribution < -0.4 is 20.3 Å². The Morgan fingerprint density at radius 1 is 1.27 bits per heavy atom. The number of hydrogen-bond donors (Lipinski definition) is 2. The number of ether oxygens (including phenoxy) is 2. The van der Waals surface area contributed by atoms with Gasteiger partial charge < -0.3 is 25.0 Å². The van der Waals surface area contributed by atoms with Crippen LogP contribution in [-0.4, -0.2) is 71.7 Å². The first-order valence-corrected chi connectivity index (χ1v) is 12.5. The Morgan fingerprint density at radius 3 is 2.95 bits per heavy atom. The van der Waals surface area contributed by atoms with Crippen molar-refractivity contribution in [1.82, 2.24) is 25.1 Å². The first kappa shape index (κ1) is 23.6. The van der Waals surface area contributed by atoms with Crippen molar-refractivity contribution in [2.24, 2.45) is 13.0 Å². The molecule has 4 aromatic rings. The summed E-state index contributed by atoms with van der Waals surface area (Å²) < 4.78 is 27.5. The Bertz CT molecular complexity index is 1460. The summed E-state index contributed by atoms with van der Waals surface area (Å²) in [6.45, 7) is 5.27. The van der Waals surface area contributed by atoms with Crippen molar-refractivity contribution in [3.63, 3.8) is 0 Å². The number of rotatable bonds is 6. The molecule has 2 aliphatic heterocycles. The minimum absolute atomic E-state index is 0.216. The Kier molecular flexibility index (Phi) is 6.31. The van der Waals surface area contributed by atoms with Gasteiger partial charge in [0.2, 0.25) is 0 Å². The lowest BCUT2D eigenvalue weighted by Crippen LogP contribution is -2.43. The number of carbonyl (C=O) groups is 1. The Labute approximate surface area is 212 Å². The third-order valence-electron chi connectivity index (χ3n) is 6.81. The maximum atomic E-state index is 14.6. The van der Waals surface area contributed by atoms with Crippen molar-refractivity contribution >= 4 is 39.1 Å². The zero-order valence-corrected chi connectivity index (χ0v) is 20.5. The molecular formula is C26H28FN7O3. The van der Waals surface area contributed by atoms with Crippen LogP contribution in [0.1, 0.15) is 16.8 Å². The minimum Gasteiger partial charge on any atom is -0.463 e. The van der Waals surface area contributed by atoms with Gasteiger partial charge in [0.25, 0.3) is 5.91 Å². The molecule has 6 rings (SSSR count). The number of halogens is 1. The summed E-state index contributed by atoms with van der Waals surface area (Å²) in [4.78, 5) is 24.8. The number of aromatic nitrogens is 4. The Morgan fingerprint density at radius 2 is 2.14 bits per heavy atom. The molecule has 0 aliphatic carbocycles. The second kappa shape index (κ2) is 9.91. The van der Waals surface area contributed by atoms with E-state index in [1.165, 1.54) is 10.7 Å². The Balaban J connectivity index is 1.35. The van der Waals surface area contributed by atoms with Gasteiger partial charge in [0.15, 0.2) is 5.82 Å². The standard InChI is InChI=1S/C26H28FN7O3/c1-33-13-17-10-18(11-21(27)23(17)32-33)30-25(35)19-2-3-22(34-7-5-28-6-8-34)20-12-29-26(31-24(19)20)37-15-16-4-9-36-14-16/h2-3,10-13,16,28H,4-9,14-15H2,1H3,(H,30,35). The zero-order valence-electron chi connectivity index (χ0n) is 20.5. The van der Waals surface area contributed by atoms with Crippen molar-refractivity contribution in [2.75, 3.05) is 56.2 Å². The van der Waals surface area contributed by atoms with Crippen LogP contribution in [0.2, 0.25) is 0 Å². The van der Waals surface area contributed by atoms with E-state index in [2.05, 4.69) is 30.6 Å². The summed E-state index contributed by atoms with van der Waals surface area (Å²) in [6.07, 6.45) is 4.36. The number of benzene rings is 2. The van der Waals surface area contributed by atoms with E-state index in [9.17, 15) is 9.18 Å². The molecule has 2 aromatic carbocycles. The van der Waals surface area contributed by atoms with Crippen molar-refractivity contribution in [3.05, 3.63) is 48.0 Å². The topological polar surface area (TPSA) is 106 Å². The highest BCUT2D eigenvalue weighted by Crippen LogP contribution is 2.31. The van der Waals surface area contributed by atoms with Gasteiger partial charge in [-0.2, -0.15) is 10.1 Å². The molecular weight excluding hydrogens is 477 g/mol. The minimum atomic E-state index is -0.499. The SMILES string of the molecule is Cn1cc2cc(NC(=O)c3ccc(N4CCNCC4)c4cnc(OCC5CCOC5)nc34)cc(F)c2n1. The van der Waals surface area contributed by atoms with E-state index in [1.54, 1.807) is 31.6 Å². The first-order chi connectivity index (χ1) is 18.0. The molecule has 192 valence electrons. The average molecular weight is 506 g/mol. The van der Waals surface area contributed by atoms with Crippen molar-refractivity contribution < 1.29 is 18.7 Å². The molecule has 2 saturated heterocycles. The fraction of sp³-hybridized carbons (Fsp3) is 0.385. The number of hydrogen-bond acceptors (Lipinski definition) is 8. The average Bonchev–Trinajstić information content (AvgIpc) is 3.56. The number of anilines is 2. The number of piperazine rings is 1. The van der Waals surface area contributed by atoms with Crippen LogP contribution >= 0.6 is 0 Å². The highest BCUT2D eigenvalue weighted by molar-refractivity contribution is 6.14. The van der Waals surface area contributed by atoms with Gasteiger partial charge in [0.1, 0.15) is 5.52 Å². The summed E-state index contributed by atoms with van der Waals surface area (Å²) >= 11 is 0. The van der Waals surface area contributed by atoms with E-state index in [1.807, 2.05) is 6.07 Å². The maximum absolute atomic E-state index is 14.6. The van der Waals surface area contributed by atoms with Crippen LogP contribution in [0.3, 0.4) is 0 Å². The van der Waals surface area contributed by atoms with Gasteiger partial charge in [-0.05, 0) is 30.7 Å². The van der Waals surface area contributed by atoms with Gasteiger partial charge in [0, 0.05) is 80.3 Å². The lowest BCUT2D eigenvalue weighted by molar-refractivity contribution is 0.102. The van der Waals surface area contributed by atoms with Gasteiger partial charge in [-0.15, -0.1) is 0 Å². The maximum Gasteiger partial charge on any atom is 0.316 e. The molecule has 2 aromatic heterocycles. The summed E-state index contributed by atoms with van der Waals surface area (Å²) in [5.74, 6) is -0.596. The number of fused-ring (bicyclic) bond motifs is 2. The molecule has 10 nitrogen and oxygen atoms in total. The summed E-state index contributed by atoms with van der Waals surface area (Å²) in [6, 6.07) is 6.88. The van der Waals surface area contributed by atoms with E-state index < -0.39 is 11.7 Å². The van der Waals surface area contributed by atoms with Crippen molar-refractivity contribution in [1.29, 1.82) is 0 Å². The molecule has 0 spiro atoms. The smallest absolute Gasteiger partial charge is 0.316 e. The van der Waals surface area contributed by atoms with Crippen LogP contribution in [-0.2, 0) is 11.8 Å². The third kappa shape index (κ3) is 4.79. The van der Waals surface area contributed by atoms with Gasteiger partial charge in [-0.3, -0.25) is 9.48 Å². The zero-order chi connectivity index (χ0) is 25.4. The molecule has 2 N–H and O–H groups in total. The van der Waals surface area contributed by atoms with Crippen LogP contribution in [0.15, 0.2) is 36.7 Å². The predicted octanol–water partition coefficient (Wildman–Crippen LogP) is 2.73. The van der Waals surface area contributed by atoms with Gasteiger partial charge in [0.05, 0.1) is 24.3 Å². The van der Waals surface area contributed by atoms with Crippen molar-refractivity contribution in [3.8, 4) is 6.01 Å². The largest absolute Gasteiger partial charge is 0.463 e. The monoisotopic (exact) mass is 505 g/mol. The molecule has 2 fully saturated rings. The van der Waals surface area contributed by atoms with Gasteiger partial charge in [-0.25, -0.2) is 9.37 Å². The normalized spacial score (nSPS) is 18.0. The van der Waals surface area contributed by atoms with Crippen LogP contribution in [0, 0.1) is 11.7 Å². The van der Waals surface area contributed by atoms with E-state index >= 15 is 0 Å². The lowest BCUT2D eigenvalue weighted by atomic mass is 10.1. The Hall–Kier alpha value is -3.83. The quantitative estimate of drug-likeness (QED) is 0.412. The molecule has 4 heterocycles. The number of amides is 1. The van der Waals surface area contributed by atoms with Crippen LogP contribution in [0.5, 0.6) is 6.01 Å². The molecule has 0 bridgehead atoms. The van der Waals surface area contributed by atoms with E-state index in [-0.39, 0.29) is 11.5 Å². The molecule has 1 amide bonds. The summed E-state index contributed by atoms with van der Waals surface area (Å²) in [7, 11) is 1.73. The van der Waals surface area contributed by atoms with Crippen LogP contribution in [0.25, 0.3) is 21.8 Å². The van der Waals surface area contributed by atoms with E-state index in [4.69, 9.17) is 9.47 Å². The second-order valence-corrected chi connectivity index (χ2v) is 9.48. The summed E-state index contributed by atoms with van der Waals surface area (Å²) in [5.41, 5.74) is 2.41. The second-order valence-electron chi connectivity index (χ2n) is 9.48. The fourth-order valence-corrected chi connectivity index (χ4v) is 4.91. The first-order valence-electron chi connectivity index (χ1n) is 12.5. The van der Waals surface area contributed by atoms with Gasteiger partial charge in [-0.1, -0.05) is 0 Å². The van der Waals surface area contributed by atoms with Gasteiger partial charge >= 0.3 is 6.01 Å². The molecule has 11 heteroatoms. The molecule has 0 saturated carbocycles. The molecule has 37 heavy (non-hydrogen) atoms. The fourth-order valence-electron chi connectivity index (χ4n) is 4.91. The predicted molar refractivity (Wildman–Crippen MR) is 138 cm³/mol. The number of aryl methyl sites for hydroxylation is 1. The van der Waals surface area contributed by atoms with Crippen molar-refractivity contribution in [2.45, 2.75) is 6.42 Å². The van der Waals surface area contributed by atoms with Crippen LogP contribution in [0.4, 0.5) is 15.8 Å². The van der Waals surface area contributed by atoms with E-state index in [0.717, 1.165) is 50.3 Å². The molecule has 1 atom stereocenters.